The van der Waals surface area contributed by atoms with Gasteiger partial charge in [-0.3, -0.25) is 9.69 Å². The molecule has 1 fully saturated rings. The molecular formula is C29H27F6N5O2. The molecule has 3 aromatic rings. The molecule has 0 aliphatic carbocycles. The van der Waals surface area contributed by atoms with E-state index in [-0.39, 0.29) is 28.9 Å². The number of halogens is 6. The molecule has 2 aromatic carbocycles. The van der Waals surface area contributed by atoms with E-state index in [2.05, 4.69) is 31.8 Å². The molecule has 0 saturated carbocycles. The normalized spacial score (nSPS) is 14.7. The second kappa shape index (κ2) is 12.3. The molecule has 1 amide bonds. The molecule has 7 nitrogen and oxygen atoms in total. The third-order valence-electron chi connectivity index (χ3n) is 6.61. The van der Waals surface area contributed by atoms with Crippen molar-refractivity contribution >= 4 is 17.4 Å². The molecule has 222 valence electrons. The van der Waals surface area contributed by atoms with E-state index >= 15 is 0 Å². The van der Waals surface area contributed by atoms with Gasteiger partial charge in [-0.15, -0.1) is 13.2 Å². The molecule has 0 unspecified atom stereocenters. The average molecular weight is 592 g/mol. The Kier molecular flexibility index (Phi) is 8.98. The van der Waals surface area contributed by atoms with Gasteiger partial charge in [0.15, 0.2) is 11.6 Å². The first-order valence-corrected chi connectivity index (χ1v) is 12.7. The van der Waals surface area contributed by atoms with E-state index in [1.807, 2.05) is 11.9 Å². The third-order valence-corrected chi connectivity index (χ3v) is 6.61. The van der Waals surface area contributed by atoms with Crippen molar-refractivity contribution in [3.8, 4) is 17.6 Å². The number of nitrogens with zero attached hydrogens (tertiary/aromatic N) is 3. The molecule has 1 saturated heterocycles. The number of nitrogens with one attached hydrogen (secondary N) is 1. The Morgan fingerprint density at radius 1 is 1.02 bits per heavy atom. The van der Waals surface area contributed by atoms with Crippen molar-refractivity contribution in [2.24, 2.45) is 0 Å². The summed E-state index contributed by atoms with van der Waals surface area (Å²) in [5.74, 6) is 3.60. The van der Waals surface area contributed by atoms with Crippen LogP contribution in [0, 0.1) is 18.8 Å². The summed E-state index contributed by atoms with van der Waals surface area (Å²) < 4.78 is 83.4. The predicted molar refractivity (Wildman–Crippen MR) is 145 cm³/mol. The van der Waals surface area contributed by atoms with E-state index in [0.29, 0.717) is 24.2 Å². The number of likely N-dealkylation sites (N-methyl/N-ethyl adjacent to an activating group) is 1. The number of hydrogen-bond acceptors (Lipinski definition) is 6. The van der Waals surface area contributed by atoms with Crippen LogP contribution in [0.2, 0.25) is 0 Å². The number of pyridine rings is 1. The Bertz CT molecular complexity index is 1520. The Morgan fingerprint density at radius 2 is 1.74 bits per heavy atom. The van der Waals surface area contributed by atoms with E-state index in [0.717, 1.165) is 25.2 Å². The molecule has 0 atom stereocenters. The highest BCUT2D eigenvalue weighted by Crippen LogP contribution is 2.35. The van der Waals surface area contributed by atoms with E-state index in [1.165, 1.54) is 30.5 Å². The molecule has 42 heavy (non-hydrogen) atoms. The highest BCUT2D eigenvalue weighted by molar-refractivity contribution is 6.04. The molecule has 1 aliphatic rings. The van der Waals surface area contributed by atoms with E-state index < -0.39 is 35.6 Å². The van der Waals surface area contributed by atoms with Crippen molar-refractivity contribution in [3.05, 3.63) is 82.0 Å². The summed E-state index contributed by atoms with van der Waals surface area (Å²) in [7, 11) is 1.96. The van der Waals surface area contributed by atoms with Crippen LogP contribution in [0.3, 0.4) is 0 Å². The number of anilines is 2. The number of aryl methyl sites for hydroxylation is 1. The number of aromatic nitrogens is 1. The number of benzene rings is 2. The maximum absolute atomic E-state index is 13.9. The first-order chi connectivity index (χ1) is 19.7. The smallest absolute Gasteiger partial charge is 0.402 e. The molecule has 3 N–H and O–H groups in total. The summed E-state index contributed by atoms with van der Waals surface area (Å²) in [6.45, 7) is 4.69. The van der Waals surface area contributed by atoms with Crippen LogP contribution in [-0.2, 0) is 12.7 Å². The number of hydrogen-bond donors (Lipinski definition) is 2. The van der Waals surface area contributed by atoms with Crippen molar-refractivity contribution in [2.75, 3.05) is 44.3 Å². The fourth-order valence-corrected chi connectivity index (χ4v) is 4.27. The van der Waals surface area contributed by atoms with Gasteiger partial charge in [0.05, 0.1) is 5.56 Å². The summed E-state index contributed by atoms with van der Waals surface area (Å²) in [5.41, 5.74) is 5.95. The summed E-state index contributed by atoms with van der Waals surface area (Å²) in [4.78, 5) is 20.7. The maximum atomic E-state index is 13.9. The molecule has 13 heteroatoms. The number of piperazine rings is 1. The van der Waals surface area contributed by atoms with E-state index in [9.17, 15) is 31.1 Å². The summed E-state index contributed by atoms with van der Waals surface area (Å²) >= 11 is 0. The van der Waals surface area contributed by atoms with Gasteiger partial charge in [0.25, 0.3) is 5.91 Å². The zero-order valence-electron chi connectivity index (χ0n) is 22.7. The van der Waals surface area contributed by atoms with Gasteiger partial charge in [-0.25, -0.2) is 4.98 Å². The van der Waals surface area contributed by atoms with Crippen molar-refractivity contribution in [1.82, 2.24) is 14.8 Å². The highest BCUT2D eigenvalue weighted by atomic mass is 19.4. The van der Waals surface area contributed by atoms with Gasteiger partial charge in [0.2, 0.25) is 0 Å². The van der Waals surface area contributed by atoms with Gasteiger partial charge in [-0.1, -0.05) is 24.0 Å². The van der Waals surface area contributed by atoms with Gasteiger partial charge in [-0.2, -0.15) is 13.2 Å². The minimum atomic E-state index is -4.97. The monoisotopic (exact) mass is 591 g/mol. The molecular weight excluding hydrogens is 564 g/mol. The average Bonchev–Trinajstić information content (AvgIpc) is 2.90. The Hall–Kier alpha value is -4.28. The van der Waals surface area contributed by atoms with Crippen LogP contribution in [0.5, 0.6) is 5.75 Å². The molecule has 4 rings (SSSR count). The lowest BCUT2D eigenvalue weighted by Crippen LogP contribution is -2.44. The number of amides is 1. The SMILES string of the molecule is Cc1ccc(C(=O)Nc2ccc(CN3CCN(C)CC3)c(C(F)(F)F)c2)cc1C#Cc1cnc(N)c(OC(F)(F)F)c1. The first kappa shape index (κ1) is 30.7. The lowest BCUT2D eigenvalue weighted by molar-refractivity contribution is -0.274. The molecule has 0 radical (unpaired) electrons. The number of carbonyl (C=O) groups is 1. The standard InChI is InChI=1S/C29H27F6N5O2/c1-18-3-5-21(14-20(18)6-4-19-13-25(26(36)37-16-19)42-29(33,34)35)27(41)38-23-8-7-22(24(15-23)28(30,31)32)17-40-11-9-39(2)10-12-40/h3,5,7-8,13-16H,9-12,17H2,1-2H3,(H2,36,37)(H,38,41). The number of ether oxygens (including phenoxy) is 1. The predicted octanol–water partition coefficient (Wildman–Crippen LogP) is 5.29. The fraction of sp³-hybridized carbons (Fsp3) is 0.310. The fourth-order valence-electron chi connectivity index (χ4n) is 4.27. The largest absolute Gasteiger partial charge is 0.573 e. The number of alkyl halides is 6. The molecule has 0 bridgehead atoms. The van der Waals surface area contributed by atoms with Crippen molar-refractivity contribution < 1.29 is 35.9 Å². The number of nitrogen functional groups attached to an aromatic ring is 1. The highest BCUT2D eigenvalue weighted by Gasteiger charge is 2.34. The second-order valence-corrected chi connectivity index (χ2v) is 9.84. The van der Waals surface area contributed by atoms with Crippen LogP contribution < -0.4 is 15.8 Å². The van der Waals surface area contributed by atoms with Gasteiger partial charge < -0.3 is 20.7 Å². The zero-order valence-corrected chi connectivity index (χ0v) is 22.7. The van der Waals surface area contributed by atoms with Crippen LogP contribution in [0.4, 0.5) is 37.8 Å². The maximum Gasteiger partial charge on any atom is 0.573 e. The number of rotatable bonds is 5. The first-order valence-electron chi connectivity index (χ1n) is 12.7. The third kappa shape index (κ3) is 8.14. The van der Waals surface area contributed by atoms with E-state index in [4.69, 9.17) is 5.73 Å². The van der Waals surface area contributed by atoms with Crippen molar-refractivity contribution in [2.45, 2.75) is 26.0 Å². The summed E-state index contributed by atoms with van der Waals surface area (Å²) in [6.07, 6.45) is -8.41. The number of nitrogens with two attached hydrogens (primary N) is 1. The topological polar surface area (TPSA) is 83.7 Å². The minimum Gasteiger partial charge on any atom is -0.402 e. The van der Waals surface area contributed by atoms with E-state index in [1.54, 1.807) is 13.0 Å². The quantitative estimate of drug-likeness (QED) is 0.310. The number of carbonyl (C=O) groups excluding carboxylic acids is 1. The Balaban J connectivity index is 1.53. The van der Waals surface area contributed by atoms with Gasteiger partial charge in [0.1, 0.15) is 0 Å². The summed E-state index contributed by atoms with van der Waals surface area (Å²) in [6, 6.07) is 9.23. The minimum absolute atomic E-state index is 0.0206. The Morgan fingerprint density at radius 3 is 2.40 bits per heavy atom. The lowest BCUT2D eigenvalue weighted by atomic mass is 10.0. The van der Waals surface area contributed by atoms with Gasteiger partial charge >= 0.3 is 12.5 Å². The van der Waals surface area contributed by atoms with Crippen LogP contribution >= 0.6 is 0 Å². The van der Waals surface area contributed by atoms with Crippen LogP contribution in [-0.4, -0.2) is 60.3 Å². The molecule has 2 heterocycles. The van der Waals surface area contributed by atoms with Gasteiger partial charge in [0, 0.05) is 67.4 Å². The molecule has 1 aliphatic heterocycles. The zero-order chi connectivity index (χ0) is 30.7. The Labute approximate surface area is 238 Å². The molecule has 1 aromatic heterocycles. The molecule has 0 spiro atoms. The second-order valence-electron chi connectivity index (χ2n) is 9.84. The summed E-state index contributed by atoms with van der Waals surface area (Å²) in [5, 5.41) is 2.51. The van der Waals surface area contributed by atoms with Crippen LogP contribution in [0.1, 0.15) is 38.2 Å². The van der Waals surface area contributed by atoms with Crippen LogP contribution in [0.25, 0.3) is 0 Å². The van der Waals surface area contributed by atoms with Crippen LogP contribution in [0.15, 0.2) is 48.7 Å². The van der Waals surface area contributed by atoms with Gasteiger partial charge in [-0.05, 0) is 49.4 Å². The lowest BCUT2D eigenvalue weighted by Gasteiger charge is -2.33. The van der Waals surface area contributed by atoms with Crippen molar-refractivity contribution in [1.29, 1.82) is 0 Å². The van der Waals surface area contributed by atoms with Crippen molar-refractivity contribution in [3.63, 3.8) is 0 Å².